The van der Waals surface area contributed by atoms with Gasteiger partial charge in [0.25, 0.3) is 5.91 Å². The number of hydrogen-bond donors (Lipinski definition) is 1. The van der Waals surface area contributed by atoms with E-state index in [1.807, 2.05) is 53.9 Å². The topological polar surface area (TPSA) is 76.0 Å². The number of methoxy groups -OCH3 is 1. The van der Waals surface area contributed by atoms with Gasteiger partial charge in [0.1, 0.15) is 5.75 Å². The summed E-state index contributed by atoms with van der Waals surface area (Å²) in [6.45, 7) is 5.53. The van der Waals surface area contributed by atoms with Crippen LogP contribution in [0.3, 0.4) is 0 Å². The van der Waals surface area contributed by atoms with Gasteiger partial charge in [-0.05, 0) is 50.6 Å². The zero-order valence-corrected chi connectivity index (χ0v) is 16.4. The highest BCUT2D eigenvalue weighted by Gasteiger charge is 2.30. The third kappa shape index (κ3) is 3.52. The zero-order valence-electron chi connectivity index (χ0n) is 16.4. The Bertz CT molecular complexity index is 957. The summed E-state index contributed by atoms with van der Waals surface area (Å²) in [6, 6.07) is 10.2. The summed E-state index contributed by atoms with van der Waals surface area (Å²) in [4.78, 5) is 14.7. The Labute approximate surface area is 164 Å². The summed E-state index contributed by atoms with van der Waals surface area (Å²) in [7, 11) is 1.66. The summed E-state index contributed by atoms with van der Waals surface area (Å²) in [5, 5.41) is 11.9. The number of carbonyl (C=O) groups is 1. The molecule has 146 valence electrons. The van der Waals surface area contributed by atoms with Gasteiger partial charge in [0.05, 0.1) is 24.6 Å². The largest absolute Gasteiger partial charge is 0.497 e. The van der Waals surface area contributed by atoms with Gasteiger partial charge in [0.15, 0.2) is 0 Å². The van der Waals surface area contributed by atoms with E-state index in [2.05, 4.69) is 21.4 Å². The van der Waals surface area contributed by atoms with Gasteiger partial charge in [0, 0.05) is 42.5 Å². The van der Waals surface area contributed by atoms with E-state index in [0.717, 1.165) is 35.7 Å². The zero-order chi connectivity index (χ0) is 19.7. The van der Waals surface area contributed by atoms with Crippen LogP contribution < -0.4 is 4.74 Å². The molecule has 0 saturated carbocycles. The van der Waals surface area contributed by atoms with Crippen LogP contribution in [0.1, 0.15) is 48.3 Å². The maximum absolute atomic E-state index is 12.8. The number of benzene rings is 1. The molecule has 0 aliphatic carbocycles. The van der Waals surface area contributed by atoms with E-state index < -0.39 is 0 Å². The molecule has 1 fully saturated rings. The molecule has 1 aliphatic heterocycles. The first-order valence-electron chi connectivity index (χ1n) is 9.58. The van der Waals surface area contributed by atoms with Crippen molar-refractivity contribution in [3.05, 3.63) is 54.0 Å². The molecular formula is C21H25N5O2. The van der Waals surface area contributed by atoms with Gasteiger partial charge in [0.2, 0.25) is 0 Å². The third-order valence-electron chi connectivity index (χ3n) is 5.28. The number of hydrogen-bond acceptors (Lipinski definition) is 4. The first kappa shape index (κ1) is 18.3. The lowest BCUT2D eigenvalue weighted by Gasteiger charge is -2.15. The average Bonchev–Trinajstić information content (AvgIpc) is 3.47. The number of H-pyrrole nitrogens is 1. The smallest absolute Gasteiger partial charge is 0.257 e. The predicted octanol–water partition coefficient (Wildman–Crippen LogP) is 3.49. The molecule has 28 heavy (non-hydrogen) atoms. The molecule has 7 heteroatoms. The van der Waals surface area contributed by atoms with Crippen LogP contribution in [0.5, 0.6) is 5.75 Å². The van der Waals surface area contributed by atoms with Crippen molar-refractivity contribution in [3.8, 4) is 17.0 Å². The molecule has 0 spiro atoms. The van der Waals surface area contributed by atoms with Crippen LogP contribution in [0.25, 0.3) is 11.3 Å². The van der Waals surface area contributed by atoms with Crippen molar-refractivity contribution < 1.29 is 9.53 Å². The SMILES string of the molecule is COc1ccc(-c2cc([C@@H]3CCN(C(=O)c4cnn(C(C)C)c4)C3)[nH]n2)cc1. The second kappa shape index (κ2) is 7.50. The lowest BCUT2D eigenvalue weighted by atomic mass is 10.0. The Morgan fingerprint density at radius 2 is 2.07 bits per heavy atom. The first-order chi connectivity index (χ1) is 13.5. The van der Waals surface area contributed by atoms with Crippen molar-refractivity contribution >= 4 is 5.91 Å². The van der Waals surface area contributed by atoms with Crippen LogP contribution in [0.15, 0.2) is 42.7 Å². The second-order valence-electron chi connectivity index (χ2n) is 7.48. The Hall–Kier alpha value is -3.09. The maximum Gasteiger partial charge on any atom is 0.257 e. The Morgan fingerprint density at radius 3 is 2.75 bits per heavy atom. The van der Waals surface area contributed by atoms with E-state index in [-0.39, 0.29) is 17.9 Å². The van der Waals surface area contributed by atoms with Crippen LogP contribution in [-0.2, 0) is 0 Å². The fourth-order valence-corrected chi connectivity index (χ4v) is 3.57. The standard InChI is InChI=1S/C21H25N5O2/c1-14(2)26-13-17(11-22-26)21(27)25-9-8-16(12-25)20-10-19(23-24-20)15-4-6-18(28-3)7-5-15/h4-7,10-11,13-14,16H,8-9,12H2,1-3H3,(H,23,24)/t16-/m1/s1. The van der Waals surface area contributed by atoms with Crippen molar-refractivity contribution in [2.75, 3.05) is 20.2 Å². The molecule has 0 radical (unpaired) electrons. The highest BCUT2D eigenvalue weighted by Crippen LogP contribution is 2.30. The number of aromatic nitrogens is 4. The van der Waals surface area contributed by atoms with Gasteiger partial charge in [-0.1, -0.05) is 0 Å². The molecule has 3 heterocycles. The van der Waals surface area contributed by atoms with E-state index >= 15 is 0 Å². The highest BCUT2D eigenvalue weighted by atomic mass is 16.5. The molecule has 1 saturated heterocycles. The van der Waals surface area contributed by atoms with Crippen LogP contribution in [0.4, 0.5) is 0 Å². The minimum atomic E-state index is 0.0456. The van der Waals surface area contributed by atoms with E-state index in [0.29, 0.717) is 12.1 Å². The van der Waals surface area contributed by atoms with E-state index in [4.69, 9.17) is 4.74 Å². The van der Waals surface area contributed by atoms with Crippen molar-refractivity contribution in [2.24, 2.45) is 0 Å². The molecule has 0 unspecified atom stereocenters. The Balaban J connectivity index is 1.44. The number of carbonyl (C=O) groups excluding carboxylic acids is 1. The summed E-state index contributed by atoms with van der Waals surface area (Å²) in [6.07, 6.45) is 4.42. The first-order valence-corrected chi connectivity index (χ1v) is 9.58. The molecular weight excluding hydrogens is 354 g/mol. The number of likely N-dealkylation sites (tertiary alicyclic amines) is 1. The lowest BCUT2D eigenvalue weighted by Crippen LogP contribution is -2.28. The molecule has 1 aliphatic rings. The average molecular weight is 379 g/mol. The maximum atomic E-state index is 12.8. The summed E-state index contributed by atoms with van der Waals surface area (Å²) < 4.78 is 7.02. The van der Waals surface area contributed by atoms with Crippen molar-refractivity contribution in [3.63, 3.8) is 0 Å². The molecule has 1 aromatic carbocycles. The number of nitrogens with one attached hydrogen (secondary N) is 1. The molecule has 4 rings (SSSR count). The van der Waals surface area contributed by atoms with E-state index in [9.17, 15) is 4.79 Å². The van der Waals surface area contributed by atoms with Gasteiger partial charge in [-0.2, -0.15) is 10.2 Å². The minimum Gasteiger partial charge on any atom is -0.497 e. The molecule has 0 bridgehead atoms. The van der Waals surface area contributed by atoms with E-state index in [1.54, 1.807) is 13.3 Å². The fraction of sp³-hybridized carbons (Fsp3) is 0.381. The minimum absolute atomic E-state index is 0.0456. The van der Waals surface area contributed by atoms with Gasteiger partial charge in [-0.25, -0.2) is 0 Å². The Morgan fingerprint density at radius 1 is 1.29 bits per heavy atom. The van der Waals surface area contributed by atoms with Crippen molar-refractivity contribution in [1.29, 1.82) is 0 Å². The summed E-state index contributed by atoms with van der Waals surface area (Å²) in [5.41, 5.74) is 3.66. The molecule has 7 nitrogen and oxygen atoms in total. The second-order valence-corrected chi connectivity index (χ2v) is 7.48. The van der Waals surface area contributed by atoms with Gasteiger partial charge in [-0.15, -0.1) is 0 Å². The predicted molar refractivity (Wildman–Crippen MR) is 106 cm³/mol. The number of aromatic amines is 1. The summed E-state index contributed by atoms with van der Waals surface area (Å²) >= 11 is 0. The van der Waals surface area contributed by atoms with Gasteiger partial charge >= 0.3 is 0 Å². The van der Waals surface area contributed by atoms with Gasteiger partial charge < -0.3 is 9.64 Å². The van der Waals surface area contributed by atoms with Gasteiger partial charge in [-0.3, -0.25) is 14.6 Å². The molecule has 1 amide bonds. The van der Waals surface area contributed by atoms with E-state index in [1.165, 1.54) is 0 Å². The van der Waals surface area contributed by atoms with Crippen LogP contribution in [0, 0.1) is 0 Å². The van der Waals surface area contributed by atoms with Crippen LogP contribution in [0.2, 0.25) is 0 Å². The van der Waals surface area contributed by atoms with Crippen molar-refractivity contribution in [2.45, 2.75) is 32.2 Å². The number of nitrogens with zero attached hydrogens (tertiary/aromatic N) is 4. The Kier molecular flexibility index (Phi) is 4.90. The highest BCUT2D eigenvalue weighted by molar-refractivity contribution is 5.94. The number of ether oxygens (including phenoxy) is 1. The fourth-order valence-electron chi connectivity index (χ4n) is 3.57. The van der Waals surface area contributed by atoms with Crippen LogP contribution >= 0.6 is 0 Å². The number of rotatable bonds is 5. The summed E-state index contributed by atoms with van der Waals surface area (Å²) in [5.74, 6) is 1.14. The normalized spacial score (nSPS) is 16.7. The molecule has 2 aromatic heterocycles. The van der Waals surface area contributed by atoms with Crippen LogP contribution in [-0.4, -0.2) is 51.0 Å². The molecule has 1 atom stereocenters. The lowest BCUT2D eigenvalue weighted by molar-refractivity contribution is 0.0790. The molecule has 3 aromatic rings. The van der Waals surface area contributed by atoms with Crippen molar-refractivity contribution in [1.82, 2.24) is 24.9 Å². The molecule has 1 N–H and O–H groups in total. The third-order valence-corrected chi connectivity index (χ3v) is 5.28. The quantitative estimate of drug-likeness (QED) is 0.736. The monoisotopic (exact) mass is 379 g/mol. The number of amides is 1.